The third-order valence-electron chi connectivity index (χ3n) is 9.45. The van der Waals surface area contributed by atoms with E-state index in [-0.39, 0.29) is 30.8 Å². The van der Waals surface area contributed by atoms with Crippen LogP contribution in [0.25, 0.3) is 33.4 Å². The summed E-state index contributed by atoms with van der Waals surface area (Å²) in [6, 6.07) is 8.61. The van der Waals surface area contributed by atoms with Gasteiger partial charge in [-0.15, -0.1) is 11.3 Å². The topological polar surface area (TPSA) is 153 Å². The molecule has 3 unspecified atom stereocenters. The van der Waals surface area contributed by atoms with E-state index in [1.807, 2.05) is 64.4 Å². The monoisotopic (exact) mass is 729 g/mol. The number of nitrogens with zero attached hydrogens (tertiary/aromatic N) is 4. The van der Waals surface area contributed by atoms with Crippen LogP contribution in [0.5, 0.6) is 0 Å². The molecule has 3 atom stereocenters. The van der Waals surface area contributed by atoms with Gasteiger partial charge in [-0.05, 0) is 68.1 Å². The number of aliphatic hydroxyl groups excluding tert-OH is 1. The molecule has 1 aliphatic rings. The number of rotatable bonds is 16. The summed E-state index contributed by atoms with van der Waals surface area (Å²) in [6.07, 6.45) is 5.20. The second kappa shape index (κ2) is 16.8. The molecule has 1 aromatic carbocycles. The lowest BCUT2D eigenvalue weighted by Gasteiger charge is -2.33. The Balaban J connectivity index is 1.50. The molecule has 0 radical (unpaired) electrons. The van der Waals surface area contributed by atoms with E-state index in [0.717, 1.165) is 56.8 Å². The van der Waals surface area contributed by atoms with E-state index in [2.05, 4.69) is 33.4 Å². The molecule has 0 spiro atoms. The molecule has 1 aliphatic heterocycles. The van der Waals surface area contributed by atoms with Crippen LogP contribution in [0, 0.1) is 11.3 Å². The largest absolute Gasteiger partial charge is 0.467 e. The van der Waals surface area contributed by atoms with Gasteiger partial charge in [0, 0.05) is 65.6 Å². The molecule has 4 aromatic rings. The first-order valence-corrected chi connectivity index (χ1v) is 18.7. The first kappa shape index (κ1) is 38.6. The van der Waals surface area contributed by atoms with Crippen LogP contribution in [0.3, 0.4) is 0 Å². The SMILES string of the molecule is C=CN(C)C(C(=O)NC(Cc1nc(-c2ccc3[nH]c(-c4cccnc4C(C)O)c(CC(C)(C)COC=O)c3c2)cs1)C(=O)N1CCCCN1)C(C)C. The highest BCUT2D eigenvalue weighted by atomic mass is 32.1. The fourth-order valence-electron chi connectivity index (χ4n) is 6.88. The van der Waals surface area contributed by atoms with Gasteiger partial charge in [-0.2, -0.15) is 0 Å². The maximum Gasteiger partial charge on any atom is 0.293 e. The molecule has 2 amide bonds. The van der Waals surface area contributed by atoms with Crippen molar-refractivity contribution in [3.63, 3.8) is 0 Å². The van der Waals surface area contributed by atoms with E-state index >= 15 is 0 Å². The van der Waals surface area contributed by atoms with Crippen molar-refractivity contribution in [1.82, 2.24) is 35.6 Å². The lowest BCUT2D eigenvalue weighted by molar-refractivity contribution is -0.141. The molecular weight excluding hydrogens is 679 g/mol. The number of hydrogen-bond acceptors (Lipinski definition) is 10. The fourth-order valence-corrected chi connectivity index (χ4v) is 7.73. The summed E-state index contributed by atoms with van der Waals surface area (Å²) in [5.74, 6) is -0.431. The zero-order chi connectivity index (χ0) is 37.6. The minimum atomic E-state index is -0.809. The van der Waals surface area contributed by atoms with Gasteiger partial charge in [0.1, 0.15) is 12.1 Å². The molecule has 278 valence electrons. The van der Waals surface area contributed by atoms with E-state index in [9.17, 15) is 19.5 Å². The number of carbonyl (C=O) groups excluding carboxylic acids is 3. The van der Waals surface area contributed by atoms with Crippen molar-refractivity contribution < 1.29 is 24.2 Å². The quantitative estimate of drug-likeness (QED) is 0.111. The Morgan fingerprint density at radius 3 is 2.69 bits per heavy atom. The van der Waals surface area contributed by atoms with E-state index in [1.54, 1.807) is 29.2 Å². The van der Waals surface area contributed by atoms with Crippen molar-refractivity contribution in [2.24, 2.45) is 11.3 Å². The number of hydrazine groups is 1. The van der Waals surface area contributed by atoms with E-state index in [1.165, 1.54) is 11.3 Å². The second-order valence-corrected chi connectivity index (χ2v) is 15.6. The number of aromatic amines is 1. The molecule has 0 bridgehead atoms. The molecule has 0 saturated carbocycles. The Morgan fingerprint density at radius 2 is 2.02 bits per heavy atom. The minimum Gasteiger partial charge on any atom is -0.467 e. The summed E-state index contributed by atoms with van der Waals surface area (Å²) >= 11 is 1.45. The van der Waals surface area contributed by atoms with Gasteiger partial charge in [-0.25, -0.2) is 10.4 Å². The normalized spacial score (nSPS) is 15.3. The van der Waals surface area contributed by atoms with Crippen LogP contribution in [0.4, 0.5) is 0 Å². The number of thiazole rings is 1. The van der Waals surface area contributed by atoms with Crippen molar-refractivity contribution in [3.05, 3.63) is 71.0 Å². The number of ether oxygens (including phenoxy) is 1. The van der Waals surface area contributed by atoms with Crippen molar-refractivity contribution in [2.45, 2.75) is 78.5 Å². The Kier molecular flexibility index (Phi) is 12.5. The molecule has 52 heavy (non-hydrogen) atoms. The van der Waals surface area contributed by atoms with Crippen LogP contribution in [-0.4, -0.2) is 87.1 Å². The highest BCUT2D eigenvalue weighted by Crippen LogP contribution is 2.39. The zero-order valence-electron chi connectivity index (χ0n) is 30.9. The van der Waals surface area contributed by atoms with Gasteiger partial charge in [0.05, 0.1) is 34.8 Å². The molecule has 3 aromatic heterocycles. The molecule has 1 fully saturated rings. The molecule has 12 nitrogen and oxygen atoms in total. The average molecular weight is 730 g/mol. The number of pyridine rings is 1. The Labute approximate surface area is 309 Å². The molecule has 13 heteroatoms. The van der Waals surface area contributed by atoms with Crippen LogP contribution in [-0.2, 0) is 32.0 Å². The molecule has 4 heterocycles. The number of amides is 2. The van der Waals surface area contributed by atoms with Crippen LogP contribution in [0.2, 0.25) is 0 Å². The number of benzene rings is 1. The second-order valence-electron chi connectivity index (χ2n) is 14.6. The van der Waals surface area contributed by atoms with Gasteiger partial charge < -0.3 is 25.0 Å². The lowest BCUT2D eigenvalue weighted by atomic mass is 9.84. The average Bonchev–Trinajstić information content (AvgIpc) is 3.74. The lowest BCUT2D eigenvalue weighted by Crippen LogP contribution is -2.58. The number of likely N-dealkylation sites (N-methyl/N-ethyl adjacent to an activating group) is 1. The predicted octanol–water partition coefficient (Wildman–Crippen LogP) is 5.40. The van der Waals surface area contributed by atoms with Crippen LogP contribution >= 0.6 is 11.3 Å². The number of aliphatic hydroxyl groups is 1. The van der Waals surface area contributed by atoms with Crippen LogP contribution in [0.15, 0.2) is 54.7 Å². The minimum absolute atomic E-state index is 0.00742. The maximum absolute atomic E-state index is 13.8. The first-order valence-electron chi connectivity index (χ1n) is 17.8. The van der Waals surface area contributed by atoms with Gasteiger partial charge in [-0.1, -0.05) is 40.3 Å². The summed E-state index contributed by atoms with van der Waals surface area (Å²) in [7, 11) is 1.81. The Hall–Kier alpha value is -4.59. The van der Waals surface area contributed by atoms with E-state index < -0.39 is 23.6 Å². The number of carbonyl (C=O) groups is 3. The zero-order valence-corrected chi connectivity index (χ0v) is 31.8. The van der Waals surface area contributed by atoms with Gasteiger partial charge >= 0.3 is 0 Å². The molecule has 1 saturated heterocycles. The standard InChI is InChI=1S/C39H51N7O5S/c1-8-45(7)36(24(2)3)37(49)44-31(38(50)46-17-10-9-16-41-46)19-33-42-32(21-52-33)26-13-14-30-28(18-26)29(20-39(5,6)22-51-23-47)35(43-30)27-12-11-15-40-34(27)25(4)48/h8,11-15,18,21,23-25,31,36,41,43,48H,1,9-10,16-17,19-20,22H2,2-7H3,(H,44,49). The third-order valence-corrected chi connectivity index (χ3v) is 10.3. The summed E-state index contributed by atoms with van der Waals surface area (Å²) in [6.45, 7) is 15.5. The number of nitrogens with one attached hydrogen (secondary N) is 3. The van der Waals surface area contributed by atoms with Crippen LogP contribution < -0.4 is 10.7 Å². The van der Waals surface area contributed by atoms with Crippen molar-refractivity contribution >= 4 is 40.5 Å². The maximum atomic E-state index is 13.8. The molecule has 0 aliphatic carbocycles. The Morgan fingerprint density at radius 1 is 1.23 bits per heavy atom. The highest BCUT2D eigenvalue weighted by molar-refractivity contribution is 7.10. The summed E-state index contributed by atoms with van der Waals surface area (Å²) in [4.78, 5) is 53.4. The molecule has 4 N–H and O–H groups in total. The number of aromatic nitrogens is 3. The molecular formula is C39H51N7O5S. The first-order chi connectivity index (χ1) is 24.8. The third kappa shape index (κ3) is 8.88. The highest BCUT2D eigenvalue weighted by Gasteiger charge is 2.33. The van der Waals surface area contributed by atoms with Gasteiger partial charge in [-0.3, -0.25) is 24.4 Å². The Bertz CT molecular complexity index is 1880. The van der Waals surface area contributed by atoms with Crippen LogP contribution in [0.1, 0.15) is 69.8 Å². The van der Waals surface area contributed by atoms with Crippen molar-refractivity contribution in [3.8, 4) is 22.5 Å². The number of fused-ring (bicyclic) bond motifs is 1. The van der Waals surface area contributed by atoms with Gasteiger partial charge in [0.2, 0.25) is 5.91 Å². The summed E-state index contributed by atoms with van der Waals surface area (Å²) in [5, 5.41) is 18.9. The smallest absolute Gasteiger partial charge is 0.293 e. The van der Waals surface area contributed by atoms with Crippen molar-refractivity contribution in [1.29, 1.82) is 0 Å². The predicted molar refractivity (Wildman–Crippen MR) is 204 cm³/mol. The van der Waals surface area contributed by atoms with E-state index in [4.69, 9.17) is 9.72 Å². The van der Waals surface area contributed by atoms with Crippen molar-refractivity contribution in [2.75, 3.05) is 26.7 Å². The van der Waals surface area contributed by atoms with E-state index in [0.29, 0.717) is 31.7 Å². The van der Waals surface area contributed by atoms with Gasteiger partial charge in [0.25, 0.3) is 12.4 Å². The van der Waals surface area contributed by atoms with Gasteiger partial charge in [0.15, 0.2) is 0 Å². The fraction of sp³-hybridized carbons (Fsp3) is 0.462. The summed E-state index contributed by atoms with van der Waals surface area (Å²) in [5.41, 5.74) is 8.56. The summed E-state index contributed by atoms with van der Waals surface area (Å²) < 4.78 is 5.20. The number of H-pyrrole nitrogens is 1. The number of hydrogen-bond donors (Lipinski definition) is 4. The molecule has 5 rings (SSSR count).